The first kappa shape index (κ1) is 8.53. The number of aromatic nitrogens is 1. The van der Waals surface area contributed by atoms with Gasteiger partial charge >= 0.3 is 0 Å². The lowest BCUT2D eigenvalue weighted by molar-refractivity contribution is 0.982. The van der Waals surface area contributed by atoms with E-state index in [9.17, 15) is 0 Å². The number of hydrogen-bond acceptors (Lipinski definition) is 1. The Bertz CT molecular complexity index is 358. The van der Waals surface area contributed by atoms with E-state index in [2.05, 4.69) is 18.2 Å². The van der Waals surface area contributed by atoms with Crippen molar-refractivity contribution in [3.05, 3.63) is 48.7 Å². The van der Waals surface area contributed by atoms with Gasteiger partial charge in [0.2, 0.25) is 0 Å². The van der Waals surface area contributed by atoms with E-state index < -0.39 is 0 Å². The topological polar surface area (TPSA) is 17.3 Å². The molecule has 1 aromatic heterocycles. The van der Waals surface area contributed by atoms with Crippen LogP contribution in [0.1, 0.15) is 5.56 Å². The van der Waals surface area contributed by atoms with Gasteiger partial charge in [-0.1, -0.05) is 19.2 Å². The third-order valence-electron chi connectivity index (χ3n) is 1.60. The van der Waals surface area contributed by atoms with E-state index in [1.165, 1.54) is 6.20 Å². The van der Waals surface area contributed by atoms with Crippen molar-refractivity contribution in [1.29, 1.82) is 0 Å². The fourth-order valence-corrected chi connectivity index (χ4v) is 1.03. The van der Waals surface area contributed by atoms with Gasteiger partial charge in [-0.15, -0.1) is 0 Å². The summed E-state index contributed by atoms with van der Waals surface area (Å²) in [5, 5.41) is 0. The largest absolute Gasteiger partial charge is 0.309 e. The molecule has 1 rings (SSSR count). The van der Waals surface area contributed by atoms with Crippen LogP contribution in [-0.4, -0.2) is 4.57 Å². The summed E-state index contributed by atoms with van der Waals surface area (Å²) in [5.41, 5.74) is 1.99. The average molecular weight is 160 g/mol. The SMILES string of the molecule is C=C/N=c1/c(C)cccn1C=C. The van der Waals surface area contributed by atoms with Gasteiger partial charge < -0.3 is 4.57 Å². The minimum Gasteiger partial charge on any atom is -0.309 e. The van der Waals surface area contributed by atoms with Crippen LogP contribution in [-0.2, 0) is 0 Å². The Kier molecular flexibility index (Phi) is 2.64. The second-order valence-corrected chi connectivity index (χ2v) is 2.42. The molecule has 0 bridgehead atoms. The molecule has 62 valence electrons. The lowest BCUT2D eigenvalue weighted by Crippen LogP contribution is -2.18. The second-order valence-electron chi connectivity index (χ2n) is 2.42. The highest BCUT2D eigenvalue weighted by Crippen LogP contribution is 1.89. The van der Waals surface area contributed by atoms with Gasteiger partial charge in [-0.2, -0.15) is 0 Å². The highest BCUT2D eigenvalue weighted by Gasteiger charge is 1.90. The molecule has 12 heavy (non-hydrogen) atoms. The maximum Gasteiger partial charge on any atom is 0.139 e. The molecule has 0 aliphatic heterocycles. The highest BCUT2D eigenvalue weighted by molar-refractivity contribution is 5.20. The van der Waals surface area contributed by atoms with E-state index in [0.29, 0.717) is 0 Å². The summed E-state index contributed by atoms with van der Waals surface area (Å²) in [4.78, 5) is 4.13. The second kappa shape index (κ2) is 3.72. The van der Waals surface area contributed by atoms with Crippen molar-refractivity contribution < 1.29 is 0 Å². The summed E-state index contributed by atoms with van der Waals surface area (Å²) in [6.45, 7) is 9.24. The van der Waals surface area contributed by atoms with Crippen molar-refractivity contribution in [2.45, 2.75) is 6.92 Å². The van der Waals surface area contributed by atoms with Gasteiger partial charge in [-0.05, 0) is 18.6 Å². The highest BCUT2D eigenvalue weighted by atomic mass is 15.0. The smallest absolute Gasteiger partial charge is 0.139 e. The standard InChI is InChI=1S/C10H12N2/c1-4-11-10-9(3)7-6-8-12(10)5-2/h4-8H,1-2H2,3H3/b11-10-. The monoisotopic (exact) mass is 160 g/mol. The Hall–Kier alpha value is -1.57. The third-order valence-corrected chi connectivity index (χ3v) is 1.60. The fourth-order valence-electron chi connectivity index (χ4n) is 1.03. The van der Waals surface area contributed by atoms with Gasteiger partial charge in [-0.3, -0.25) is 0 Å². The Labute approximate surface area is 72.2 Å². The molecule has 0 spiro atoms. The van der Waals surface area contributed by atoms with E-state index in [1.807, 2.05) is 29.8 Å². The molecule has 2 nitrogen and oxygen atoms in total. The van der Waals surface area contributed by atoms with Crippen LogP contribution in [0.25, 0.3) is 6.20 Å². The van der Waals surface area contributed by atoms with Gasteiger partial charge in [0.1, 0.15) is 5.49 Å². The molecule has 1 aromatic rings. The first-order valence-electron chi connectivity index (χ1n) is 3.74. The van der Waals surface area contributed by atoms with Crippen LogP contribution >= 0.6 is 0 Å². The molecule has 0 radical (unpaired) electrons. The zero-order valence-corrected chi connectivity index (χ0v) is 7.20. The van der Waals surface area contributed by atoms with Gasteiger partial charge in [0.15, 0.2) is 0 Å². The van der Waals surface area contributed by atoms with Gasteiger partial charge in [0.05, 0.1) is 0 Å². The van der Waals surface area contributed by atoms with Crippen molar-refractivity contribution in [2.24, 2.45) is 4.99 Å². The minimum atomic E-state index is 0.877. The van der Waals surface area contributed by atoms with Gasteiger partial charge in [0, 0.05) is 18.6 Å². The van der Waals surface area contributed by atoms with Crippen molar-refractivity contribution in [2.75, 3.05) is 0 Å². The van der Waals surface area contributed by atoms with E-state index in [4.69, 9.17) is 0 Å². The molecular formula is C10H12N2. The van der Waals surface area contributed by atoms with Crippen LogP contribution in [0, 0.1) is 6.92 Å². The number of pyridine rings is 1. The molecule has 0 N–H and O–H groups in total. The summed E-state index contributed by atoms with van der Waals surface area (Å²) in [6.07, 6.45) is 5.15. The van der Waals surface area contributed by atoms with E-state index >= 15 is 0 Å². The van der Waals surface area contributed by atoms with E-state index in [0.717, 1.165) is 11.1 Å². The predicted molar refractivity (Wildman–Crippen MR) is 51.3 cm³/mol. The van der Waals surface area contributed by atoms with E-state index in [-0.39, 0.29) is 0 Å². The lowest BCUT2D eigenvalue weighted by Gasteiger charge is -2.01. The van der Waals surface area contributed by atoms with Crippen molar-refractivity contribution in [3.63, 3.8) is 0 Å². The number of aryl methyl sites for hydroxylation is 1. The average Bonchev–Trinajstić information content (AvgIpc) is 2.09. The summed E-state index contributed by atoms with van der Waals surface area (Å²) in [5.74, 6) is 0. The Balaban J connectivity index is 3.49. The molecule has 0 saturated carbocycles. The van der Waals surface area contributed by atoms with Crippen LogP contribution in [0.15, 0.2) is 42.7 Å². The van der Waals surface area contributed by atoms with Crippen LogP contribution < -0.4 is 5.49 Å². The first-order chi connectivity index (χ1) is 5.79. The fraction of sp³-hybridized carbons (Fsp3) is 0.100. The number of rotatable bonds is 2. The third kappa shape index (κ3) is 1.53. The summed E-state index contributed by atoms with van der Waals surface area (Å²) in [7, 11) is 0. The number of nitrogens with zero attached hydrogens (tertiary/aromatic N) is 2. The van der Waals surface area contributed by atoms with Crippen LogP contribution in [0.5, 0.6) is 0 Å². The Morgan fingerprint density at radius 2 is 2.25 bits per heavy atom. The molecular weight excluding hydrogens is 148 g/mol. The molecule has 0 unspecified atom stereocenters. The molecule has 0 aromatic carbocycles. The van der Waals surface area contributed by atoms with Crippen LogP contribution in [0.4, 0.5) is 0 Å². The maximum absolute atomic E-state index is 4.13. The molecule has 0 aliphatic rings. The summed E-state index contributed by atoms with van der Waals surface area (Å²) in [6, 6.07) is 3.96. The van der Waals surface area contributed by atoms with Crippen LogP contribution in [0.3, 0.4) is 0 Å². The Morgan fingerprint density at radius 1 is 1.50 bits per heavy atom. The Morgan fingerprint density at radius 3 is 2.83 bits per heavy atom. The van der Waals surface area contributed by atoms with Crippen molar-refractivity contribution in [3.8, 4) is 0 Å². The van der Waals surface area contributed by atoms with Crippen molar-refractivity contribution in [1.82, 2.24) is 4.57 Å². The van der Waals surface area contributed by atoms with E-state index in [1.54, 1.807) is 6.20 Å². The van der Waals surface area contributed by atoms with Crippen molar-refractivity contribution >= 4 is 6.20 Å². The molecule has 0 saturated heterocycles. The maximum atomic E-state index is 4.13. The molecule has 0 amide bonds. The predicted octanol–water partition coefficient (Wildman–Crippen LogP) is 1.94. The zero-order chi connectivity index (χ0) is 8.97. The lowest BCUT2D eigenvalue weighted by atomic mass is 10.3. The molecule has 0 aliphatic carbocycles. The molecule has 0 atom stereocenters. The molecule has 0 fully saturated rings. The van der Waals surface area contributed by atoms with Gasteiger partial charge in [-0.25, -0.2) is 4.99 Å². The summed E-state index contributed by atoms with van der Waals surface area (Å²) < 4.78 is 1.86. The van der Waals surface area contributed by atoms with Gasteiger partial charge in [0.25, 0.3) is 0 Å². The molecule has 1 heterocycles. The zero-order valence-electron chi connectivity index (χ0n) is 7.20. The molecule has 2 heteroatoms. The first-order valence-corrected chi connectivity index (χ1v) is 3.74. The minimum absolute atomic E-state index is 0.877. The summed E-state index contributed by atoms with van der Waals surface area (Å²) >= 11 is 0. The normalized spacial score (nSPS) is 11.2. The number of hydrogen-bond donors (Lipinski definition) is 0. The quantitative estimate of drug-likeness (QED) is 0.629. The van der Waals surface area contributed by atoms with Crippen LogP contribution in [0.2, 0.25) is 0 Å².